The van der Waals surface area contributed by atoms with Crippen LogP contribution in [-0.2, 0) is 9.84 Å². The average Bonchev–Trinajstić information content (AvgIpc) is 3.18. The molecule has 1 atom stereocenters. The molecule has 6 heteroatoms. The van der Waals surface area contributed by atoms with Crippen molar-refractivity contribution in [1.29, 1.82) is 0 Å². The van der Waals surface area contributed by atoms with Gasteiger partial charge >= 0.3 is 0 Å². The van der Waals surface area contributed by atoms with Crippen molar-refractivity contribution in [3.8, 4) is 0 Å². The Balaban J connectivity index is 1.76. The fourth-order valence-electron chi connectivity index (χ4n) is 3.33. The van der Waals surface area contributed by atoms with Crippen LogP contribution in [-0.4, -0.2) is 43.6 Å². The molecule has 0 radical (unpaired) electrons. The van der Waals surface area contributed by atoms with E-state index in [0.29, 0.717) is 23.5 Å². The zero-order chi connectivity index (χ0) is 15.7. The van der Waals surface area contributed by atoms with Gasteiger partial charge in [-0.25, -0.2) is 8.42 Å². The van der Waals surface area contributed by atoms with E-state index >= 15 is 0 Å². The highest BCUT2D eigenvalue weighted by Gasteiger charge is 2.30. The predicted molar refractivity (Wildman–Crippen MR) is 84.4 cm³/mol. The van der Waals surface area contributed by atoms with Gasteiger partial charge in [-0.05, 0) is 43.5 Å². The second-order valence-corrected chi connectivity index (χ2v) is 8.50. The minimum absolute atomic E-state index is 0.0472. The first-order valence-corrected chi connectivity index (χ1v) is 9.42. The van der Waals surface area contributed by atoms with Gasteiger partial charge in [0.2, 0.25) is 0 Å². The van der Waals surface area contributed by atoms with Gasteiger partial charge < -0.3 is 10.6 Å². The first-order valence-electron chi connectivity index (χ1n) is 7.87. The molecule has 1 saturated carbocycles. The van der Waals surface area contributed by atoms with Gasteiger partial charge in [0.15, 0.2) is 9.84 Å². The van der Waals surface area contributed by atoms with Crippen molar-refractivity contribution in [3.05, 3.63) is 29.8 Å². The lowest BCUT2D eigenvalue weighted by molar-refractivity contribution is 0.0791. The van der Waals surface area contributed by atoms with Gasteiger partial charge in [-0.3, -0.25) is 4.79 Å². The van der Waals surface area contributed by atoms with Crippen molar-refractivity contribution in [2.75, 3.05) is 13.1 Å². The number of hydrogen-bond acceptors (Lipinski definition) is 4. The van der Waals surface area contributed by atoms with Crippen molar-refractivity contribution >= 4 is 15.7 Å². The molecule has 1 heterocycles. The molecule has 2 fully saturated rings. The lowest BCUT2D eigenvalue weighted by Gasteiger charge is -2.16. The Morgan fingerprint density at radius 3 is 2.27 bits per heavy atom. The van der Waals surface area contributed by atoms with Crippen LogP contribution in [0.25, 0.3) is 0 Å². The highest BCUT2D eigenvalue weighted by Crippen LogP contribution is 2.29. The monoisotopic (exact) mass is 322 g/mol. The second-order valence-electron chi connectivity index (χ2n) is 6.28. The van der Waals surface area contributed by atoms with Gasteiger partial charge in [-0.15, -0.1) is 0 Å². The lowest BCUT2D eigenvalue weighted by atomic mass is 10.2. The molecule has 0 bridgehead atoms. The van der Waals surface area contributed by atoms with Crippen LogP contribution < -0.4 is 5.73 Å². The molecule has 2 aliphatic rings. The summed E-state index contributed by atoms with van der Waals surface area (Å²) in [6.07, 6.45) is 4.27. The van der Waals surface area contributed by atoms with Gasteiger partial charge in [0, 0.05) is 24.7 Å². The molecule has 1 aromatic rings. The Morgan fingerprint density at radius 1 is 1.09 bits per heavy atom. The highest BCUT2D eigenvalue weighted by atomic mass is 32.2. The third-order valence-corrected chi connectivity index (χ3v) is 6.96. The van der Waals surface area contributed by atoms with Crippen molar-refractivity contribution < 1.29 is 13.2 Å². The van der Waals surface area contributed by atoms with Crippen LogP contribution >= 0.6 is 0 Å². The molecule has 1 amide bonds. The number of benzene rings is 1. The van der Waals surface area contributed by atoms with E-state index in [2.05, 4.69) is 0 Å². The lowest BCUT2D eigenvalue weighted by Crippen LogP contribution is -2.31. The molecule has 1 saturated heterocycles. The van der Waals surface area contributed by atoms with Crippen LogP contribution in [0.3, 0.4) is 0 Å². The Kier molecular flexibility index (Phi) is 4.23. The fraction of sp³-hybridized carbons (Fsp3) is 0.562. The number of amides is 1. The zero-order valence-corrected chi connectivity index (χ0v) is 13.4. The molecular formula is C16H22N2O3S. The molecule has 1 aliphatic carbocycles. The summed E-state index contributed by atoms with van der Waals surface area (Å²) in [7, 11) is -3.25. The first-order chi connectivity index (χ1) is 10.5. The number of sulfone groups is 1. The number of carbonyl (C=O) groups is 1. The predicted octanol–water partition coefficient (Wildman–Crippen LogP) is 1.58. The zero-order valence-electron chi connectivity index (χ0n) is 12.6. The summed E-state index contributed by atoms with van der Waals surface area (Å²) in [5.41, 5.74) is 6.35. The van der Waals surface area contributed by atoms with Crippen LogP contribution in [0.1, 0.15) is 42.5 Å². The van der Waals surface area contributed by atoms with Gasteiger partial charge in [0.05, 0.1) is 10.1 Å². The summed E-state index contributed by atoms with van der Waals surface area (Å²) >= 11 is 0. The van der Waals surface area contributed by atoms with Crippen molar-refractivity contribution in [1.82, 2.24) is 4.90 Å². The second kappa shape index (κ2) is 6.01. The van der Waals surface area contributed by atoms with Crippen LogP contribution in [0.5, 0.6) is 0 Å². The molecule has 22 heavy (non-hydrogen) atoms. The van der Waals surface area contributed by atoms with Gasteiger partial charge in [-0.2, -0.15) is 0 Å². The van der Waals surface area contributed by atoms with Crippen LogP contribution in [0.4, 0.5) is 0 Å². The maximum Gasteiger partial charge on any atom is 0.253 e. The summed E-state index contributed by atoms with van der Waals surface area (Å²) in [5.74, 6) is -0.0715. The third kappa shape index (κ3) is 2.90. The minimum atomic E-state index is -3.25. The Bertz CT molecular complexity index is 648. The smallest absolute Gasteiger partial charge is 0.253 e. The molecule has 1 aromatic carbocycles. The van der Waals surface area contributed by atoms with E-state index in [1.165, 1.54) is 0 Å². The van der Waals surface area contributed by atoms with Crippen molar-refractivity contribution in [2.24, 2.45) is 5.73 Å². The maximum atomic E-state index is 12.5. The van der Waals surface area contributed by atoms with Crippen molar-refractivity contribution in [3.63, 3.8) is 0 Å². The fourth-order valence-corrected chi connectivity index (χ4v) is 5.19. The normalized spacial score (nSPS) is 23.1. The molecule has 3 rings (SSSR count). The number of nitrogens with two attached hydrogens (primary N) is 1. The van der Waals surface area contributed by atoms with Gasteiger partial charge in [-0.1, -0.05) is 12.8 Å². The number of hydrogen-bond donors (Lipinski definition) is 1. The summed E-state index contributed by atoms with van der Waals surface area (Å²) in [5, 5.41) is -0.259. The number of nitrogens with zero attached hydrogens (tertiary/aromatic N) is 1. The molecular weight excluding hydrogens is 300 g/mol. The molecule has 2 N–H and O–H groups in total. The Hall–Kier alpha value is -1.40. The summed E-state index contributed by atoms with van der Waals surface area (Å²) in [6, 6.07) is 6.42. The topological polar surface area (TPSA) is 80.5 Å². The van der Waals surface area contributed by atoms with Crippen LogP contribution in [0.15, 0.2) is 29.2 Å². The molecule has 1 aliphatic heterocycles. The van der Waals surface area contributed by atoms with Crippen molar-refractivity contribution in [2.45, 2.75) is 48.3 Å². The third-order valence-electron chi connectivity index (χ3n) is 4.68. The van der Waals surface area contributed by atoms with Gasteiger partial charge in [0.25, 0.3) is 5.91 Å². The SMILES string of the molecule is N[C@H]1CCN(C(=O)c2ccc(S(=O)(=O)C3CCCC3)cc2)C1. The Labute approximate surface area is 131 Å². The number of rotatable bonds is 3. The van der Waals surface area contributed by atoms with Crippen LogP contribution in [0.2, 0.25) is 0 Å². The summed E-state index contributed by atoms with van der Waals surface area (Å²) in [6.45, 7) is 1.24. The quantitative estimate of drug-likeness (QED) is 0.916. The number of carbonyl (C=O) groups excluding carboxylic acids is 1. The standard InChI is InChI=1S/C16H22N2O3S/c17-13-9-10-18(11-13)16(19)12-5-7-15(8-6-12)22(20,21)14-3-1-2-4-14/h5-8,13-14H,1-4,9-11,17H2/t13-/m0/s1. The summed E-state index contributed by atoms with van der Waals surface area (Å²) in [4.78, 5) is 14.4. The molecule has 120 valence electrons. The van der Waals surface area contributed by atoms with E-state index in [4.69, 9.17) is 5.73 Å². The Morgan fingerprint density at radius 2 is 1.73 bits per heavy atom. The molecule has 0 aromatic heterocycles. The average molecular weight is 322 g/mol. The van der Waals surface area contributed by atoms with Gasteiger partial charge in [0.1, 0.15) is 0 Å². The first kappa shape index (κ1) is 15.5. The molecule has 0 unspecified atom stereocenters. The number of likely N-dealkylation sites (tertiary alicyclic amines) is 1. The summed E-state index contributed by atoms with van der Waals surface area (Å²) < 4.78 is 25.0. The molecule has 0 spiro atoms. The van der Waals surface area contributed by atoms with E-state index < -0.39 is 9.84 Å². The maximum absolute atomic E-state index is 12.5. The van der Waals surface area contributed by atoms with E-state index in [0.717, 1.165) is 32.1 Å². The van der Waals surface area contributed by atoms with E-state index in [-0.39, 0.29) is 17.2 Å². The largest absolute Gasteiger partial charge is 0.337 e. The van der Waals surface area contributed by atoms with E-state index in [9.17, 15) is 13.2 Å². The highest BCUT2D eigenvalue weighted by molar-refractivity contribution is 7.92. The van der Waals surface area contributed by atoms with E-state index in [1.54, 1.807) is 29.2 Å². The van der Waals surface area contributed by atoms with E-state index in [1.807, 2.05) is 0 Å². The molecule has 5 nitrogen and oxygen atoms in total. The van der Waals surface area contributed by atoms with Crippen LogP contribution in [0, 0.1) is 0 Å². The minimum Gasteiger partial charge on any atom is -0.337 e.